The molecule has 0 saturated carbocycles. The highest BCUT2D eigenvalue weighted by atomic mass is 32.2. The molecule has 4 nitrogen and oxygen atoms in total. The quantitative estimate of drug-likeness (QED) is 0.167. The van der Waals surface area contributed by atoms with Gasteiger partial charge in [0.2, 0.25) is 0 Å². The van der Waals surface area contributed by atoms with E-state index in [2.05, 4.69) is 195 Å². The van der Waals surface area contributed by atoms with Gasteiger partial charge in [0.15, 0.2) is 17.5 Å². The Hall–Kier alpha value is -7.73. The van der Waals surface area contributed by atoms with Crippen LogP contribution in [0, 0.1) is 6.92 Å². The molecule has 5 heteroatoms. The van der Waals surface area contributed by atoms with Gasteiger partial charge in [0, 0.05) is 38.2 Å². The predicted molar refractivity (Wildman–Crippen MR) is 256 cm³/mol. The van der Waals surface area contributed by atoms with Gasteiger partial charge in [-0.2, -0.15) is 0 Å². The Labute approximate surface area is 371 Å². The maximum absolute atomic E-state index is 5.62. The van der Waals surface area contributed by atoms with E-state index in [4.69, 9.17) is 19.9 Å². The SMILES string of the molecule is Cc1ccc(-c2ccccc2-c2ccc3c(c2-c2nc(-c4ccccc4)nc(-c4ccccc4-c4ccccc4)n2)-c2ccccc2C32c3ccccc3Sc3ccccc32)nc1. The number of aryl methyl sites for hydroxylation is 1. The van der Waals surface area contributed by atoms with Crippen LogP contribution >= 0.6 is 11.8 Å². The Morgan fingerprint density at radius 1 is 0.349 bits per heavy atom. The molecule has 2 aliphatic rings. The summed E-state index contributed by atoms with van der Waals surface area (Å²) in [6, 6.07) is 73.6. The number of rotatable bonds is 6. The van der Waals surface area contributed by atoms with Gasteiger partial charge in [-0.1, -0.05) is 200 Å². The summed E-state index contributed by atoms with van der Waals surface area (Å²) in [6.45, 7) is 2.08. The molecule has 0 N–H and O–H groups in total. The van der Waals surface area contributed by atoms with Gasteiger partial charge in [0.05, 0.1) is 11.1 Å². The van der Waals surface area contributed by atoms with Crippen LogP contribution in [0.3, 0.4) is 0 Å². The first-order chi connectivity index (χ1) is 31.2. The summed E-state index contributed by atoms with van der Waals surface area (Å²) < 4.78 is 0. The zero-order chi connectivity index (χ0) is 41.9. The second-order valence-electron chi connectivity index (χ2n) is 16.2. The molecule has 0 atom stereocenters. The van der Waals surface area contributed by atoms with Crippen LogP contribution in [0.5, 0.6) is 0 Å². The average molecular weight is 823 g/mol. The number of aromatic nitrogens is 4. The third-order valence-corrected chi connectivity index (χ3v) is 13.7. The number of pyridine rings is 1. The van der Waals surface area contributed by atoms with Gasteiger partial charge in [-0.3, -0.25) is 4.98 Å². The molecule has 8 aromatic carbocycles. The Morgan fingerprint density at radius 2 is 0.889 bits per heavy atom. The predicted octanol–water partition coefficient (Wildman–Crippen LogP) is 14.4. The zero-order valence-electron chi connectivity index (χ0n) is 34.4. The third-order valence-electron chi connectivity index (χ3n) is 12.6. The standard InChI is InChI=1S/C58H38N4S/c1-37-32-35-50(59-36-37)42-24-10-9-23-41(42)43-33-34-49-53(45-26-12-13-27-46(45)58(49)47-28-14-16-30-51(47)63-52-31-17-15-29-48(52)58)54(43)57-61-55(39-20-6-3-7-21-39)60-56(62-57)44-25-11-8-22-40(44)38-18-4-2-5-19-38/h2-36H,1H3. The van der Waals surface area contributed by atoms with E-state index >= 15 is 0 Å². The van der Waals surface area contributed by atoms with Crippen molar-refractivity contribution in [2.24, 2.45) is 0 Å². The van der Waals surface area contributed by atoms with Gasteiger partial charge < -0.3 is 0 Å². The molecule has 1 spiro atoms. The first-order valence-corrected chi connectivity index (χ1v) is 22.1. The van der Waals surface area contributed by atoms with Gasteiger partial charge in [-0.15, -0.1) is 0 Å². The molecule has 0 fully saturated rings. The maximum Gasteiger partial charge on any atom is 0.165 e. The fourth-order valence-corrected chi connectivity index (χ4v) is 11.0. The molecule has 296 valence electrons. The molecule has 1 aliphatic heterocycles. The van der Waals surface area contributed by atoms with Crippen LogP contribution in [0.4, 0.5) is 0 Å². The number of hydrogen-bond acceptors (Lipinski definition) is 5. The van der Waals surface area contributed by atoms with E-state index in [-0.39, 0.29) is 0 Å². The van der Waals surface area contributed by atoms with Crippen molar-refractivity contribution in [3.63, 3.8) is 0 Å². The highest BCUT2D eigenvalue weighted by Crippen LogP contribution is 2.64. The van der Waals surface area contributed by atoms with Crippen LogP contribution in [0.25, 0.3) is 78.8 Å². The normalized spacial score (nSPS) is 12.9. The van der Waals surface area contributed by atoms with E-state index in [9.17, 15) is 0 Å². The monoisotopic (exact) mass is 822 g/mol. The van der Waals surface area contributed by atoms with E-state index in [0.29, 0.717) is 17.5 Å². The summed E-state index contributed by atoms with van der Waals surface area (Å²) in [6.07, 6.45) is 1.94. The Bertz CT molecular complexity index is 3340. The largest absolute Gasteiger partial charge is 0.256 e. The molecule has 0 radical (unpaired) electrons. The van der Waals surface area contributed by atoms with E-state index in [1.807, 2.05) is 36.2 Å². The van der Waals surface area contributed by atoms with Crippen molar-refractivity contribution in [3.8, 4) is 78.8 Å². The van der Waals surface area contributed by atoms with Gasteiger partial charge in [-0.05, 0) is 86.3 Å². The zero-order valence-corrected chi connectivity index (χ0v) is 35.2. The average Bonchev–Trinajstić information content (AvgIpc) is 3.65. The Balaban J connectivity index is 1.23. The fourth-order valence-electron chi connectivity index (χ4n) is 9.84. The molecule has 2 aromatic heterocycles. The van der Waals surface area contributed by atoms with Crippen molar-refractivity contribution in [3.05, 3.63) is 240 Å². The number of nitrogens with zero attached hydrogens (tertiary/aromatic N) is 4. The fraction of sp³-hybridized carbons (Fsp3) is 0.0345. The molecule has 3 heterocycles. The molecule has 0 bridgehead atoms. The smallest absolute Gasteiger partial charge is 0.165 e. The van der Waals surface area contributed by atoms with Gasteiger partial charge in [0.25, 0.3) is 0 Å². The molecule has 0 amide bonds. The number of benzene rings is 8. The van der Waals surface area contributed by atoms with E-state index in [0.717, 1.165) is 61.3 Å². The van der Waals surface area contributed by atoms with Crippen LogP contribution < -0.4 is 0 Å². The summed E-state index contributed by atoms with van der Waals surface area (Å²) >= 11 is 1.85. The lowest BCUT2D eigenvalue weighted by molar-refractivity contribution is 0.722. The van der Waals surface area contributed by atoms with E-state index in [1.165, 1.54) is 37.6 Å². The topological polar surface area (TPSA) is 51.6 Å². The van der Waals surface area contributed by atoms with Crippen molar-refractivity contribution in [2.45, 2.75) is 22.1 Å². The van der Waals surface area contributed by atoms with Crippen LogP contribution in [0.1, 0.15) is 27.8 Å². The van der Waals surface area contributed by atoms with Crippen molar-refractivity contribution in [1.29, 1.82) is 0 Å². The minimum absolute atomic E-state index is 0.590. The minimum atomic E-state index is -0.590. The van der Waals surface area contributed by atoms with E-state index < -0.39 is 5.41 Å². The third kappa shape index (κ3) is 5.92. The Kier molecular flexibility index (Phi) is 8.83. The lowest BCUT2D eigenvalue weighted by Crippen LogP contribution is -2.31. The van der Waals surface area contributed by atoms with Crippen molar-refractivity contribution < 1.29 is 0 Å². The van der Waals surface area contributed by atoms with Gasteiger partial charge in [-0.25, -0.2) is 15.0 Å². The molecule has 63 heavy (non-hydrogen) atoms. The van der Waals surface area contributed by atoms with Crippen molar-refractivity contribution in [1.82, 2.24) is 19.9 Å². The molecule has 1 aliphatic carbocycles. The molecular formula is C58H38N4S. The molecular weight excluding hydrogens is 785 g/mol. The molecule has 10 aromatic rings. The summed E-state index contributed by atoms with van der Waals surface area (Å²) in [5.74, 6) is 1.83. The summed E-state index contributed by atoms with van der Waals surface area (Å²) in [5, 5.41) is 0. The number of fused-ring (bicyclic) bond motifs is 9. The van der Waals surface area contributed by atoms with Crippen LogP contribution in [0.2, 0.25) is 0 Å². The van der Waals surface area contributed by atoms with E-state index in [1.54, 1.807) is 0 Å². The lowest BCUT2D eigenvalue weighted by Gasteiger charge is -2.39. The second-order valence-corrected chi connectivity index (χ2v) is 17.2. The summed E-state index contributed by atoms with van der Waals surface area (Å²) in [5.41, 5.74) is 16.8. The molecule has 0 saturated heterocycles. The highest BCUT2D eigenvalue weighted by molar-refractivity contribution is 7.99. The number of hydrogen-bond donors (Lipinski definition) is 0. The summed E-state index contributed by atoms with van der Waals surface area (Å²) in [7, 11) is 0. The highest BCUT2D eigenvalue weighted by Gasteiger charge is 2.51. The summed E-state index contributed by atoms with van der Waals surface area (Å²) in [4.78, 5) is 23.9. The van der Waals surface area contributed by atoms with Gasteiger partial charge in [0.1, 0.15) is 0 Å². The molecule has 0 unspecified atom stereocenters. The first kappa shape index (κ1) is 37.1. The maximum atomic E-state index is 5.62. The van der Waals surface area contributed by atoms with Crippen molar-refractivity contribution in [2.75, 3.05) is 0 Å². The lowest BCUT2D eigenvalue weighted by atomic mass is 9.67. The van der Waals surface area contributed by atoms with Gasteiger partial charge >= 0.3 is 0 Å². The van der Waals surface area contributed by atoms with Crippen LogP contribution in [-0.2, 0) is 5.41 Å². The van der Waals surface area contributed by atoms with Crippen molar-refractivity contribution >= 4 is 11.8 Å². The van der Waals surface area contributed by atoms with Crippen LogP contribution in [0.15, 0.2) is 222 Å². The minimum Gasteiger partial charge on any atom is -0.256 e. The molecule has 12 rings (SSSR count). The first-order valence-electron chi connectivity index (χ1n) is 21.3. The Morgan fingerprint density at radius 3 is 1.57 bits per heavy atom. The van der Waals surface area contributed by atoms with Crippen LogP contribution in [-0.4, -0.2) is 19.9 Å². The second kappa shape index (κ2) is 15.0.